The zero-order valence-electron chi connectivity index (χ0n) is 16.8. The van der Waals surface area contributed by atoms with Crippen molar-refractivity contribution in [1.29, 1.82) is 0 Å². The lowest BCUT2D eigenvalue weighted by Gasteiger charge is -2.37. The van der Waals surface area contributed by atoms with Crippen molar-refractivity contribution in [3.05, 3.63) is 30.4 Å². The molecular weight excluding hydrogens is 354 g/mol. The van der Waals surface area contributed by atoms with E-state index in [1.54, 1.807) is 10.9 Å². The Bertz CT molecular complexity index is 793. The second-order valence-electron chi connectivity index (χ2n) is 7.65. The summed E-state index contributed by atoms with van der Waals surface area (Å²) >= 11 is 0. The summed E-state index contributed by atoms with van der Waals surface area (Å²) in [6.45, 7) is 8.98. The summed E-state index contributed by atoms with van der Waals surface area (Å²) in [5.74, 6) is 2.94. The van der Waals surface area contributed by atoms with Gasteiger partial charge in [-0.2, -0.15) is 5.10 Å². The number of piperidine rings is 1. The van der Waals surface area contributed by atoms with E-state index in [1.807, 2.05) is 31.0 Å². The summed E-state index contributed by atoms with van der Waals surface area (Å²) in [6.07, 6.45) is 7.31. The predicted molar refractivity (Wildman–Crippen MR) is 109 cm³/mol. The van der Waals surface area contributed by atoms with Crippen LogP contribution in [0.1, 0.15) is 38.1 Å². The van der Waals surface area contributed by atoms with Gasteiger partial charge in [-0.1, -0.05) is 0 Å². The number of aryl methyl sites for hydroxylation is 1. The molecule has 0 aromatic carbocycles. The van der Waals surface area contributed by atoms with E-state index < -0.39 is 0 Å². The highest BCUT2D eigenvalue weighted by Crippen LogP contribution is 2.23. The minimum absolute atomic E-state index is 0.122. The summed E-state index contributed by atoms with van der Waals surface area (Å²) < 4.78 is 1.72. The third-order valence-electron chi connectivity index (χ3n) is 5.69. The quantitative estimate of drug-likeness (QED) is 0.803. The first-order valence-corrected chi connectivity index (χ1v) is 10.3. The topological polar surface area (TPSA) is 70.4 Å². The second-order valence-corrected chi connectivity index (χ2v) is 7.65. The molecule has 2 aliphatic heterocycles. The fourth-order valence-corrected chi connectivity index (χ4v) is 4.03. The van der Waals surface area contributed by atoms with Crippen molar-refractivity contribution >= 4 is 17.5 Å². The monoisotopic (exact) mass is 383 g/mol. The van der Waals surface area contributed by atoms with Gasteiger partial charge in [0.15, 0.2) is 0 Å². The molecule has 0 spiro atoms. The van der Waals surface area contributed by atoms with E-state index >= 15 is 0 Å². The molecular formula is C20H29N7O. The summed E-state index contributed by atoms with van der Waals surface area (Å²) in [7, 11) is 0. The number of hydrogen-bond acceptors (Lipinski definition) is 6. The minimum atomic E-state index is -0.270. The van der Waals surface area contributed by atoms with Crippen LogP contribution >= 0.6 is 0 Å². The molecule has 0 aliphatic carbocycles. The predicted octanol–water partition coefficient (Wildman–Crippen LogP) is 1.88. The summed E-state index contributed by atoms with van der Waals surface area (Å²) in [5, 5.41) is 4.20. The van der Waals surface area contributed by atoms with Gasteiger partial charge in [0.25, 0.3) is 0 Å². The lowest BCUT2D eigenvalue weighted by molar-refractivity contribution is -0.134. The van der Waals surface area contributed by atoms with E-state index in [1.165, 1.54) is 19.3 Å². The molecule has 0 bridgehead atoms. The van der Waals surface area contributed by atoms with Crippen LogP contribution in [0.4, 0.5) is 11.6 Å². The highest BCUT2D eigenvalue weighted by Gasteiger charge is 2.27. The van der Waals surface area contributed by atoms with Crippen LogP contribution < -0.4 is 9.80 Å². The number of piperazine rings is 1. The van der Waals surface area contributed by atoms with Gasteiger partial charge in [0.05, 0.1) is 0 Å². The molecule has 4 heterocycles. The van der Waals surface area contributed by atoms with Crippen molar-refractivity contribution in [2.75, 3.05) is 49.1 Å². The fourth-order valence-electron chi connectivity index (χ4n) is 4.03. The molecule has 2 fully saturated rings. The highest BCUT2D eigenvalue weighted by molar-refractivity contribution is 5.80. The van der Waals surface area contributed by atoms with Gasteiger partial charge in [-0.15, -0.1) is 0 Å². The van der Waals surface area contributed by atoms with Crippen LogP contribution in [0.3, 0.4) is 0 Å². The molecule has 2 aliphatic rings. The number of carbonyl (C=O) groups excluding carboxylic acids is 1. The molecule has 2 saturated heterocycles. The Balaban J connectivity index is 1.41. The van der Waals surface area contributed by atoms with E-state index in [2.05, 4.69) is 30.9 Å². The van der Waals surface area contributed by atoms with E-state index in [0.29, 0.717) is 13.1 Å². The first-order chi connectivity index (χ1) is 13.6. The Kier molecular flexibility index (Phi) is 5.45. The largest absolute Gasteiger partial charge is 0.356 e. The zero-order chi connectivity index (χ0) is 19.5. The first kappa shape index (κ1) is 18.7. The Labute approximate surface area is 166 Å². The lowest BCUT2D eigenvalue weighted by Crippen LogP contribution is -2.50. The van der Waals surface area contributed by atoms with Gasteiger partial charge in [-0.05, 0) is 39.2 Å². The van der Waals surface area contributed by atoms with E-state index in [9.17, 15) is 4.79 Å². The van der Waals surface area contributed by atoms with Crippen LogP contribution in [0.2, 0.25) is 0 Å². The van der Waals surface area contributed by atoms with Crippen LogP contribution in [0, 0.1) is 6.92 Å². The van der Waals surface area contributed by atoms with Crippen molar-refractivity contribution in [3.8, 4) is 0 Å². The van der Waals surface area contributed by atoms with Gasteiger partial charge in [-0.25, -0.2) is 9.97 Å². The molecule has 1 atom stereocenters. The highest BCUT2D eigenvalue weighted by atomic mass is 16.2. The summed E-state index contributed by atoms with van der Waals surface area (Å²) in [5.41, 5.74) is 0. The SMILES string of the molecule is Cc1nc(N2CCCCC2)cc(N2CCN(C(=O)C(C)n3cccn3)CC2)n1. The molecule has 1 amide bonds. The van der Waals surface area contributed by atoms with Gasteiger partial charge >= 0.3 is 0 Å². The number of aromatic nitrogens is 4. The molecule has 8 heteroatoms. The standard InChI is InChI=1S/C20H29N7O/c1-16(27-10-6-7-21-27)20(28)26-13-11-25(12-14-26)19-15-18(22-17(2)23-19)24-8-4-3-5-9-24/h6-7,10,15-16H,3-5,8-9,11-14H2,1-2H3. The van der Waals surface area contributed by atoms with E-state index in [-0.39, 0.29) is 11.9 Å². The molecule has 8 nitrogen and oxygen atoms in total. The van der Waals surface area contributed by atoms with Gasteiger partial charge < -0.3 is 14.7 Å². The van der Waals surface area contributed by atoms with Gasteiger partial charge in [0.1, 0.15) is 23.5 Å². The summed E-state index contributed by atoms with van der Waals surface area (Å²) in [6, 6.07) is 3.69. The molecule has 2 aromatic rings. The van der Waals surface area contributed by atoms with Crippen LogP contribution in [0.25, 0.3) is 0 Å². The molecule has 28 heavy (non-hydrogen) atoms. The first-order valence-electron chi connectivity index (χ1n) is 10.3. The number of rotatable bonds is 4. The summed E-state index contributed by atoms with van der Waals surface area (Å²) in [4.78, 5) is 28.7. The molecule has 150 valence electrons. The maximum Gasteiger partial charge on any atom is 0.247 e. The molecule has 0 saturated carbocycles. The van der Waals surface area contributed by atoms with Crippen LogP contribution in [0.15, 0.2) is 24.5 Å². The Morgan fingerprint density at radius 2 is 1.61 bits per heavy atom. The van der Waals surface area contributed by atoms with Crippen LogP contribution in [-0.2, 0) is 4.79 Å². The normalized spacial score (nSPS) is 19.0. The van der Waals surface area contributed by atoms with Crippen molar-refractivity contribution in [1.82, 2.24) is 24.6 Å². The third-order valence-corrected chi connectivity index (χ3v) is 5.69. The fraction of sp³-hybridized carbons (Fsp3) is 0.600. The number of amides is 1. The lowest BCUT2D eigenvalue weighted by atomic mass is 10.1. The Morgan fingerprint density at radius 3 is 2.21 bits per heavy atom. The minimum Gasteiger partial charge on any atom is -0.356 e. The molecule has 0 N–H and O–H groups in total. The average Bonchev–Trinajstić information content (AvgIpc) is 3.28. The molecule has 0 radical (unpaired) electrons. The van der Waals surface area contributed by atoms with Crippen molar-refractivity contribution < 1.29 is 4.79 Å². The molecule has 2 aromatic heterocycles. The van der Waals surface area contributed by atoms with Crippen molar-refractivity contribution in [3.63, 3.8) is 0 Å². The number of nitrogens with zero attached hydrogens (tertiary/aromatic N) is 7. The van der Waals surface area contributed by atoms with Crippen LogP contribution in [0.5, 0.6) is 0 Å². The van der Waals surface area contributed by atoms with Crippen LogP contribution in [-0.4, -0.2) is 69.8 Å². The number of carbonyl (C=O) groups is 1. The molecule has 4 rings (SSSR count). The van der Waals surface area contributed by atoms with E-state index in [4.69, 9.17) is 0 Å². The Hall–Kier alpha value is -2.64. The number of hydrogen-bond donors (Lipinski definition) is 0. The maximum absolute atomic E-state index is 12.8. The average molecular weight is 384 g/mol. The van der Waals surface area contributed by atoms with Gasteiger partial charge in [0.2, 0.25) is 5.91 Å². The second kappa shape index (κ2) is 8.16. The zero-order valence-corrected chi connectivity index (χ0v) is 16.8. The maximum atomic E-state index is 12.8. The number of anilines is 2. The van der Waals surface area contributed by atoms with Crippen molar-refractivity contribution in [2.24, 2.45) is 0 Å². The smallest absolute Gasteiger partial charge is 0.247 e. The van der Waals surface area contributed by atoms with Gasteiger partial charge in [-0.3, -0.25) is 9.48 Å². The third kappa shape index (κ3) is 3.95. The van der Waals surface area contributed by atoms with Crippen molar-refractivity contribution in [2.45, 2.75) is 39.2 Å². The molecule has 1 unspecified atom stereocenters. The Morgan fingerprint density at radius 1 is 0.964 bits per heavy atom. The van der Waals surface area contributed by atoms with Gasteiger partial charge in [0, 0.05) is 57.7 Å². The van der Waals surface area contributed by atoms with E-state index in [0.717, 1.165) is 43.6 Å².